The van der Waals surface area contributed by atoms with Crippen molar-refractivity contribution in [2.24, 2.45) is 0 Å². The molecule has 0 aliphatic carbocycles. The van der Waals surface area contributed by atoms with Crippen molar-refractivity contribution in [3.8, 4) is 0 Å². The van der Waals surface area contributed by atoms with Crippen LogP contribution in [-0.2, 0) is 4.79 Å². The van der Waals surface area contributed by atoms with Crippen LogP contribution in [0.5, 0.6) is 0 Å². The number of alkyl halides is 1. The third-order valence-corrected chi connectivity index (χ3v) is 2.44. The first-order valence-corrected chi connectivity index (χ1v) is 6.22. The molecule has 0 aliphatic heterocycles. The van der Waals surface area contributed by atoms with E-state index in [2.05, 4.69) is 22.9 Å². The highest BCUT2D eigenvalue weighted by Crippen LogP contribution is 2.03. The molecule has 0 aliphatic rings. The fourth-order valence-electron chi connectivity index (χ4n) is 1.25. The molecule has 0 saturated carbocycles. The van der Waals surface area contributed by atoms with Crippen LogP contribution in [0.1, 0.15) is 39.5 Å². The van der Waals surface area contributed by atoms with Gasteiger partial charge in [0.2, 0.25) is 5.91 Å². The van der Waals surface area contributed by atoms with Crippen LogP contribution in [0.2, 0.25) is 0 Å². The Kier molecular flexibility index (Phi) is 8.51. The maximum absolute atomic E-state index is 11.5. The summed E-state index contributed by atoms with van der Waals surface area (Å²) < 4.78 is 0. The lowest BCUT2D eigenvalue weighted by molar-refractivity contribution is -0.130. The zero-order valence-corrected chi connectivity index (χ0v) is 10.3. The maximum atomic E-state index is 11.5. The third-order valence-electron chi connectivity index (χ3n) is 2.08. The molecule has 0 atom stereocenters. The normalized spacial score (nSPS) is 10.1. The SMILES string of the molecule is CCCCCC(=O)N(CC)CCBr. The van der Waals surface area contributed by atoms with Crippen LogP contribution in [-0.4, -0.2) is 29.2 Å². The molecule has 0 rings (SSSR count). The van der Waals surface area contributed by atoms with E-state index in [1.54, 1.807) is 0 Å². The van der Waals surface area contributed by atoms with Crippen LogP contribution in [0.25, 0.3) is 0 Å². The Bertz CT molecular complexity index is 139. The lowest BCUT2D eigenvalue weighted by atomic mass is 10.2. The number of carbonyl (C=O) groups is 1. The van der Waals surface area contributed by atoms with E-state index in [1.165, 1.54) is 6.42 Å². The van der Waals surface area contributed by atoms with Gasteiger partial charge in [0.05, 0.1) is 0 Å². The largest absolute Gasteiger partial charge is 0.342 e. The predicted molar refractivity (Wildman–Crippen MR) is 60.2 cm³/mol. The predicted octanol–water partition coefficient (Wildman–Crippen LogP) is 2.81. The van der Waals surface area contributed by atoms with Gasteiger partial charge in [-0.15, -0.1) is 0 Å². The van der Waals surface area contributed by atoms with Gasteiger partial charge in [-0.25, -0.2) is 0 Å². The topological polar surface area (TPSA) is 20.3 Å². The maximum Gasteiger partial charge on any atom is 0.222 e. The summed E-state index contributed by atoms with van der Waals surface area (Å²) in [6.45, 7) is 5.85. The van der Waals surface area contributed by atoms with Crippen LogP contribution in [0, 0.1) is 0 Å². The molecule has 0 N–H and O–H groups in total. The lowest BCUT2D eigenvalue weighted by Crippen LogP contribution is -2.32. The summed E-state index contributed by atoms with van der Waals surface area (Å²) in [4.78, 5) is 13.5. The number of unbranched alkanes of at least 4 members (excludes halogenated alkanes) is 2. The molecule has 0 aromatic rings. The third kappa shape index (κ3) is 6.08. The summed E-state index contributed by atoms with van der Waals surface area (Å²) in [6.07, 6.45) is 4.10. The number of carbonyl (C=O) groups excluding carboxylic acids is 1. The van der Waals surface area contributed by atoms with E-state index in [9.17, 15) is 4.79 Å². The zero-order chi connectivity index (χ0) is 10.1. The lowest BCUT2D eigenvalue weighted by Gasteiger charge is -2.19. The Morgan fingerprint density at radius 1 is 1.31 bits per heavy atom. The molecule has 0 spiro atoms. The number of hydrogen-bond donors (Lipinski definition) is 0. The van der Waals surface area contributed by atoms with E-state index < -0.39 is 0 Å². The van der Waals surface area contributed by atoms with E-state index >= 15 is 0 Å². The minimum atomic E-state index is 0.301. The molecule has 0 saturated heterocycles. The van der Waals surface area contributed by atoms with Crippen molar-refractivity contribution < 1.29 is 4.79 Å². The molecule has 0 radical (unpaired) electrons. The van der Waals surface area contributed by atoms with Crippen molar-refractivity contribution in [1.29, 1.82) is 0 Å². The number of amides is 1. The zero-order valence-electron chi connectivity index (χ0n) is 8.68. The van der Waals surface area contributed by atoms with Crippen LogP contribution in [0.3, 0.4) is 0 Å². The highest BCUT2D eigenvalue weighted by Gasteiger charge is 2.09. The van der Waals surface area contributed by atoms with Gasteiger partial charge in [-0.3, -0.25) is 4.79 Å². The van der Waals surface area contributed by atoms with Crippen LogP contribution in [0.15, 0.2) is 0 Å². The molecule has 0 bridgehead atoms. The summed E-state index contributed by atoms with van der Waals surface area (Å²) in [7, 11) is 0. The Morgan fingerprint density at radius 3 is 2.46 bits per heavy atom. The molecule has 0 aromatic heterocycles. The summed E-state index contributed by atoms with van der Waals surface area (Å²) in [5, 5.41) is 0.875. The fourth-order valence-corrected chi connectivity index (χ4v) is 1.67. The van der Waals surface area contributed by atoms with Gasteiger partial charge in [0.25, 0.3) is 0 Å². The molecule has 0 fully saturated rings. The summed E-state index contributed by atoms with van der Waals surface area (Å²) in [5.74, 6) is 0.301. The minimum Gasteiger partial charge on any atom is -0.342 e. The number of halogens is 1. The van der Waals surface area contributed by atoms with E-state index in [0.29, 0.717) is 12.3 Å². The number of hydrogen-bond acceptors (Lipinski definition) is 1. The number of nitrogens with zero attached hydrogens (tertiary/aromatic N) is 1. The minimum absolute atomic E-state index is 0.301. The summed E-state index contributed by atoms with van der Waals surface area (Å²) >= 11 is 3.35. The first kappa shape index (κ1) is 12.9. The van der Waals surface area contributed by atoms with E-state index in [0.717, 1.165) is 31.3 Å². The second-order valence-electron chi connectivity index (χ2n) is 3.12. The van der Waals surface area contributed by atoms with Crippen LogP contribution >= 0.6 is 15.9 Å². The van der Waals surface area contributed by atoms with E-state index in [-0.39, 0.29) is 0 Å². The van der Waals surface area contributed by atoms with Gasteiger partial charge in [0.1, 0.15) is 0 Å². The van der Waals surface area contributed by atoms with Crippen molar-refractivity contribution in [2.75, 3.05) is 18.4 Å². The van der Waals surface area contributed by atoms with Crippen molar-refractivity contribution in [2.45, 2.75) is 39.5 Å². The van der Waals surface area contributed by atoms with Crippen LogP contribution < -0.4 is 0 Å². The first-order valence-electron chi connectivity index (χ1n) is 5.10. The highest BCUT2D eigenvalue weighted by molar-refractivity contribution is 9.09. The second-order valence-corrected chi connectivity index (χ2v) is 3.91. The van der Waals surface area contributed by atoms with Gasteiger partial charge in [-0.2, -0.15) is 0 Å². The van der Waals surface area contributed by atoms with E-state index in [1.807, 2.05) is 11.8 Å². The average molecular weight is 250 g/mol. The molecule has 2 nitrogen and oxygen atoms in total. The quantitative estimate of drug-likeness (QED) is 0.502. The molecular formula is C10H20BrNO. The monoisotopic (exact) mass is 249 g/mol. The highest BCUT2D eigenvalue weighted by atomic mass is 79.9. The van der Waals surface area contributed by atoms with Crippen molar-refractivity contribution in [1.82, 2.24) is 4.90 Å². The van der Waals surface area contributed by atoms with Gasteiger partial charge in [-0.05, 0) is 13.3 Å². The van der Waals surface area contributed by atoms with Crippen LogP contribution in [0.4, 0.5) is 0 Å². The molecule has 0 unspecified atom stereocenters. The Morgan fingerprint density at radius 2 is 2.00 bits per heavy atom. The average Bonchev–Trinajstić information content (AvgIpc) is 2.14. The van der Waals surface area contributed by atoms with Gasteiger partial charge < -0.3 is 4.90 Å². The summed E-state index contributed by atoms with van der Waals surface area (Å²) in [6, 6.07) is 0. The standard InChI is InChI=1S/C10H20BrNO/c1-3-5-6-7-10(13)12(4-2)9-8-11/h3-9H2,1-2H3. The van der Waals surface area contributed by atoms with Gasteiger partial charge in [-0.1, -0.05) is 35.7 Å². The second kappa shape index (κ2) is 8.54. The van der Waals surface area contributed by atoms with Gasteiger partial charge in [0, 0.05) is 24.8 Å². The molecule has 1 amide bonds. The van der Waals surface area contributed by atoms with Crippen molar-refractivity contribution >= 4 is 21.8 Å². The Labute approximate surface area is 89.8 Å². The first-order chi connectivity index (χ1) is 6.26. The molecule has 3 heteroatoms. The Hall–Kier alpha value is -0.0500. The van der Waals surface area contributed by atoms with Crippen molar-refractivity contribution in [3.05, 3.63) is 0 Å². The smallest absolute Gasteiger partial charge is 0.222 e. The molecule has 0 aromatic carbocycles. The van der Waals surface area contributed by atoms with Crippen molar-refractivity contribution in [3.63, 3.8) is 0 Å². The summed E-state index contributed by atoms with van der Waals surface area (Å²) in [5.41, 5.74) is 0. The molecule has 0 heterocycles. The van der Waals surface area contributed by atoms with E-state index in [4.69, 9.17) is 0 Å². The molecular weight excluding hydrogens is 230 g/mol. The van der Waals surface area contributed by atoms with Gasteiger partial charge >= 0.3 is 0 Å². The van der Waals surface area contributed by atoms with Gasteiger partial charge in [0.15, 0.2) is 0 Å². The fraction of sp³-hybridized carbons (Fsp3) is 0.900. The molecule has 13 heavy (non-hydrogen) atoms. The molecule has 78 valence electrons. The number of rotatable bonds is 7. The Balaban J connectivity index is 3.64.